The Morgan fingerprint density at radius 2 is 2.29 bits per heavy atom. The lowest BCUT2D eigenvalue weighted by atomic mass is 9.77. The fourth-order valence-electron chi connectivity index (χ4n) is 2.53. The number of nitrogens with one attached hydrogen (secondary N) is 2. The lowest BCUT2D eigenvalue weighted by Crippen LogP contribution is -2.38. The van der Waals surface area contributed by atoms with Crippen molar-refractivity contribution in [3.63, 3.8) is 0 Å². The van der Waals surface area contributed by atoms with Crippen LogP contribution < -0.4 is 5.32 Å². The second-order valence-corrected chi connectivity index (χ2v) is 5.78. The first-order valence-corrected chi connectivity index (χ1v) is 7.10. The SMILES string of the molecule is C#C[C@H](C(=O)NC(=N)N=C)C1C=CC(CC(C)C)=CC1C. The molecule has 4 heteroatoms. The number of hydrogen-bond acceptors (Lipinski definition) is 2. The van der Waals surface area contributed by atoms with Gasteiger partial charge in [0.2, 0.25) is 11.9 Å². The fraction of sp³-hybridized carbons (Fsp3) is 0.471. The molecule has 0 aliphatic heterocycles. The third-order valence-electron chi connectivity index (χ3n) is 3.51. The molecule has 1 aliphatic rings. The molecule has 0 fully saturated rings. The van der Waals surface area contributed by atoms with Gasteiger partial charge in [0.15, 0.2) is 0 Å². The maximum atomic E-state index is 12.1. The van der Waals surface area contributed by atoms with Crippen molar-refractivity contribution in [2.45, 2.75) is 27.2 Å². The number of aliphatic imine (C=N–C) groups is 1. The van der Waals surface area contributed by atoms with E-state index in [-0.39, 0.29) is 23.7 Å². The smallest absolute Gasteiger partial charge is 0.242 e. The van der Waals surface area contributed by atoms with Crippen molar-refractivity contribution in [3.05, 3.63) is 23.8 Å². The first-order chi connectivity index (χ1) is 9.88. The Labute approximate surface area is 126 Å². The van der Waals surface area contributed by atoms with Crippen LogP contribution in [0.5, 0.6) is 0 Å². The van der Waals surface area contributed by atoms with Gasteiger partial charge in [-0.25, -0.2) is 4.99 Å². The molecule has 0 aromatic rings. The summed E-state index contributed by atoms with van der Waals surface area (Å²) in [6.07, 6.45) is 12.8. The lowest BCUT2D eigenvalue weighted by molar-refractivity contribution is -0.123. The van der Waals surface area contributed by atoms with Crippen LogP contribution in [0.15, 0.2) is 28.8 Å². The predicted octanol–water partition coefficient (Wildman–Crippen LogP) is 2.78. The summed E-state index contributed by atoms with van der Waals surface area (Å²) in [7, 11) is 0. The molecule has 0 bridgehead atoms. The van der Waals surface area contributed by atoms with Gasteiger partial charge in [0.1, 0.15) is 5.92 Å². The number of guanidine groups is 1. The largest absolute Gasteiger partial charge is 0.294 e. The zero-order valence-electron chi connectivity index (χ0n) is 12.9. The highest BCUT2D eigenvalue weighted by Crippen LogP contribution is 2.31. The van der Waals surface area contributed by atoms with Crippen molar-refractivity contribution in [1.82, 2.24) is 5.32 Å². The third-order valence-corrected chi connectivity index (χ3v) is 3.51. The van der Waals surface area contributed by atoms with E-state index >= 15 is 0 Å². The van der Waals surface area contributed by atoms with Crippen molar-refractivity contribution in [2.75, 3.05) is 0 Å². The number of hydrogen-bond donors (Lipinski definition) is 2. The molecule has 1 aliphatic carbocycles. The van der Waals surface area contributed by atoms with Gasteiger partial charge in [0, 0.05) is 5.92 Å². The zero-order valence-corrected chi connectivity index (χ0v) is 12.9. The molecule has 0 aromatic heterocycles. The topological polar surface area (TPSA) is 65.3 Å². The number of carbonyl (C=O) groups is 1. The second-order valence-electron chi connectivity index (χ2n) is 5.78. The highest BCUT2D eigenvalue weighted by molar-refractivity contribution is 5.99. The Morgan fingerprint density at radius 3 is 2.76 bits per heavy atom. The fourth-order valence-corrected chi connectivity index (χ4v) is 2.53. The summed E-state index contributed by atoms with van der Waals surface area (Å²) in [4.78, 5) is 15.5. The molecule has 0 spiro atoms. The average molecular weight is 285 g/mol. The van der Waals surface area contributed by atoms with E-state index in [4.69, 9.17) is 11.8 Å². The highest BCUT2D eigenvalue weighted by Gasteiger charge is 2.30. The van der Waals surface area contributed by atoms with E-state index in [0.29, 0.717) is 5.92 Å². The summed E-state index contributed by atoms with van der Waals surface area (Å²) >= 11 is 0. The first kappa shape index (κ1) is 16.9. The summed E-state index contributed by atoms with van der Waals surface area (Å²) in [5.41, 5.74) is 1.28. The van der Waals surface area contributed by atoms with Gasteiger partial charge in [-0.1, -0.05) is 50.5 Å². The maximum absolute atomic E-state index is 12.1. The Balaban J connectivity index is 2.81. The van der Waals surface area contributed by atoms with E-state index in [1.54, 1.807) is 0 Å². The van der Waals surface area contributed by atoms with E-state index < -0.39 is 5.92 Å². The molecule has 0 saturated carbocycles. The van der Waals surface area contributed by atoms with Gasteiger partial charge in [0.25, 0.3) is 0 Å². The van der Waals surface area contributed by atoms with Gasteiger partial charge in [-0.15, -0.1) is 6.42 Å². The van der Waals surface area contributed by atoms with Crippen molar-refractivity contribution in [1.29, 1.82) is 5.41 Å². The van der Waals surface area contributed by atoms with Crippen LogP contribution in [-0.2, 0) is 4.79 Å². The molecule has 112 valence electrons. The molecule has 4 nitrogen and oxygen atoms in total. The standard InChI is InChI=1S/C17H23N3O/c1-6-14(16(21)20-17(18)19-5)15-8-7-13(9-11(2)3)10-12(15)4/h1,7-8,10-12,14-15H,5,9H2,2-4H3,(H2,18,20,21)/t12?,14-,15?/m0/s1. The summed E-state index contributed by atoms with van der Waals surface area (Å²) in [6, 6.07) is 0. The van der Waals surface area contributed by atoms with Crippen LogP contribution in [0.2, 0.25) is 0 Å². The number of carbonyl (C=O) groups excluding carboxylic acids is 1. The monoisotopic (exact) mass is 285 g/mol. The Hall–Kier alpha value is -2.15. The molecular formula is C17H23N3O. The third kappa shape index (κ3) is 4.71. The number of allylic oxidation sites excluding steroid dienone is 4. The maximum Gasteiger partial charge on any atom is 0.242 e. The van der Waals surface area contributed by atoms with Crippen LogP contribution in [0.25, 0.3) is 0 Å². The van der Waals surface area contributed by atoms with Gasteiger partial charge in [-0.05, 0) is 25.0 Å². The highest BCUT2D eigenvalue weighted by atomic mass is 16.2. The first-order valence-electron chi connectivity index (χ1n) is 7.10. The summed E-state index contributed by atoms with van der Waals surface area (Å²) in [6.45, 7) is 9.61. The van der Waals surface area contributed by atoms with Crippen LogP contribution >= 0.6 is 0 Å². The Morgan fingerprint density at radius 1 is 1.62 bits per heavy atom. The number of amides is 1. The summed E-state index contributed by atoms with van der Waals surface area (Å²) in [5.74, 6) is 1.98. The molecule has 0 saturated heterocycles. The molecule has 0 heterocycles. The second kappa shape index (κ2) is 7.58. The molecule has 1 rings (SSSR count). The summed E-state index contributed by atoms with van der Waals surface area (Å²) < 4.78 is 0. The van der Waals surface area contributed by atoms with E-state index in [0.717, 1.165) is 6.42 Å². The Bertz CT molecular complexity index is 523. The molecule has 2 N–H and O–H groups in total. The number of terminal acetylenes is 1. The van der Waals surface area contributed by atoms with Crippen molar-refractivity contribution >= 4 is 18.6 Å². The van der Waals surface area contributed by atoms with Gasteiger partial charge in [0.05, 0.1) is 0 Å². The molecule has 2 unspecified atom stereocenters. The number of rotatable bonds is 4. The minimum atomic E-state index is -0.616. The van der Waals surface area contributed by atoms with Gasteiger partial charge in [-0.2, -0.15) is 0 Å². The van der Waals surface area contributed by atoms with Crippen molar-refractivity contribution < 1.29 is 4.79 Å². The number of nitrogens with zero attached hydrogens (tertiary/aromatic N) is 1. The van der Waals surface area contributed by atoms with Crippen LogP contribution in [0.3, 0.4) is 0 Å². The van der Waals surface area contributed by atoms with Crippen molar-refractivity contribution in [3.8, 4) is 12.3 Å². The van der Waals surface area contributed by atoms with E-state index in [2.05, 4.69) is 55.9 Å². The molecule has 0 aromatic carbocycles. The normalized spacial score (nSPS) is 22.1. The van der Waals surface area contributed by atoms with Crippen LogP contribution in [0.4, 0.5) is 0 Å². The van der Waals surface area contributed by atoms with Gasteiger partial charge < -0.3 is 0 Å². The van der Waals surface area contributed by atoms with E-state index in [1.165, 1.54) is 5.57 Å². The van der Waals surface area contributed by atoms with E-state index in [1.807, 2.05) is 6.08 Å². The van der Waals surface area contributed by atoms with Crippen LogP contribution in [0, 0.1) is 41.4 Å². The van der Waals surface area contributed by atoms with Crippen LogP contribution in [0.1, 0.15) is 27.2 Å². The predicted molar refractivity (Wildman–Crippen MR) is 87.1 cm³/mol. The average Bonchev–Trinajstić information content (AvgIpc) is 2.41. The van der Waals surface area contributed by atoms with Crippen molar-refractivity contribution in [2.24, 2.45) is 28.7 Å². The lowest BCUT2D eigenvalue weighted by Gasteiger charge is -2.27. The van der Waals surface area contributed by atoms with E-state index in [9.17, 15) is 4.79 Å². The van der Waals surface area contributed by atoms with Gasteiger partial charge in [-0.3, -0.25) is 15.5 Å². The summed E-state index contributed by atoms with van der Waals surface area (Å²) in [5, 5.41) is 9.71. The van der Waals surface area contributed by atoms with Crippen LogP contribution in [-0.4, -0.2) is 18.6 Å². The quantitative estimate of drug-likeness (QED) is 0.465. The van der Waals surface area contributed by atoms with Gasteiger partial charge >= 0.3 is 0 Å². The minimum Gasteiger partial charge on any atom is -0.294 e. The Kier molecular flexibility index (Phi) is 6.10. The molecule has 3 atom stereocenters. The zero-order chi connectivity index (χ0) is 16.0. The minimum absolute atomic E-state index is 0.0662. The molecule has 0 radical (unpaired) electrons. The molecular weight excluding hydrogens is 262 g/mol. The molecule has 1 amide bonds. The molecule has 21 heavy (non-hydrogen) atoms.